The lowest BCUT2D eigenvalue weighted by molar-refractivity contribution is -0.946. The molecule has 25 heavy (non-hydrogen) atoms. The van der Waals surface area contributed by atoms with Gasteiger partial charge >= 0.3 is 11.8 Å². The average molecular weight is 342 g/mol. The maximum atomic E-state index is 11.9. The van der Waals surface area contributed by atoms with Gasteiger partial charge in [-0.05, 0) is 24.6 Å². The van der Waals surface area contributed by atoms with Gasteiger partial charge in [0.2, 0.25) is 0 Å². The van der Waals surface area contributed by atoms with E-state index in [1.54, 1.807) is 13.2 Å². The standard InChI is InChI=1S/C19H23N3O3/c1-2-20-18(23)19(24)21-12-16(17-8-5-11-25-17)22-10-9-14-6-3-4-7-15(14)13-22/h3-8,11,16H,2,9-10,12-13H2,1H3,(H,20,23)(H,21,24)/p+1/t16-/m0/s1. The lowest BCUT2D eigenvalue weighted by atomic mass is 9.98. The number of rotatable bonds is 5. The van der Waals surface area contributed by atoms with Crippen molar-refractivity contribution in [3.8, 4) is 0 Å². The summed E-state index contributed by atoms with van der Waals surface area (Å²) in [5.41, 5.74) is 2.71. The minimum Gasteiger partial charge on any atom is -0.463 e. The molecule has 1 aliphatic rings. The van der Waals surface area contributed by atoms with Crippen molar-refractivity contribution in [2.75, 3.05) is 19.6 Å². The third kappa shape index (κ3) is 4.09. The van der Waals surface area contributed by atoms with Gasteiger partial charge in [-0.3, -0.25) is 9.59 Å². The van der Waals surface area contributed by atoms with Gasteiger partial charge in [-0.2, -0.15) is 0 Å². The van der Waals surface area contributed by atoms with Crippen molar-refractivity contribution in [2.45, 2.75) is 25.9 Å². The molecule has 1 aromatic heterocycles. The molecule has 3 N–H and O–H groups in total. The largest absolute Gasteiger partial charge is 0.463 e. The Balaban J connectivity index is 1.71. The summed E-state index contributed by atoms with van der Waals surface area (Å²) in [6.07, 6.45) is 2.64. The Kier molecular flexibility index (Phi) is 5.50. The number of quaternary nitrogens is 1. The molecule has 0 spiro atoms. The topological polar surface area (TPSA) is 75.8 Å². The van der Waals surface area contributed by atoms with Crippen molar-refractivity contribution in [1.29, 1.82) is 0 Å². The summed E-state index contributed by atoms with van der Waals surface area (Å²) < 4.78 is 5.60. The minimum atomic E-state index is -0.602. The van der Waals surface area contributed by atoms with E-state index < -0.39 is 11.8 Å². The van der Waals surface area contributed by atoms with Crippen LogP contribution in [0.5, 0.6) is 0 Å². The number of nitrogens with one attached hydrogen (secondary N) is 3. The Labute approximate surface area is 147 Å². The van der Waals surface area contributed by atoms with Gasteiger partial charge in [0.1, 0.15) is 6.54 Å². The van der Waals surface area contributed by atoms with E-state index in [0.717, 1.165) is 25.3 Å². The molecule has 2 heterocycles. The fourth-order valence-electron chi connectivity index (χ4n) is 3.35. The molecular formula is C19H24N3O3+. The van der Waals surface area contributed by atoms with Crippen molar-refractivity contribution in [3.05, 3.63) is 59.5 Å². The summed E-state index contributed by atoms with van der Waals surface area (Å²) in [6, 6.07) is 12.2. The monoisotopic (exact) mass is 342 g/mol. The highest BCUT2D eigenvalue weighted by atomic mass is 16.3. The Morgan fingerprint density at radius 2 is 1.88 bits per heavy atom. The summed E-state index contributed by atoms with van der Waals surface area (Å²) in [5, 5.41) is 5.26. The van der Waals surface area contributed by atoms with E-state index in [4.69, 9.17) is 4.42 Å². The first-order valence-electron chi connectivity index (χ1n) is 8.69. The molecule has 2 amide bonds. The summed E-state index contributed by atoms with van der Waals surface area (Å²) in [4.78, 5) is 24.9. The number of benzene rings is 1. The molecule has 3 rings (SSSR count). The summed E-state index contributed by atoms with van der Waals surface area (Å²) in [6.45, 7) is 4.41. The molecule has 6 heteroatoms. The molecule has 0 bridgehead atoms. The van der Waals surface area contributed by atoms with Gasteiger partial charge in [0, 0.05) is 18.5 Å². The van der Waals surface area contributed by atoms with Gasteiger partial charge in [0.05, 0.1) is 19.4 Å². The molecule has 0 radical (unpaired) electrons. The molecule has 0 fully saturated rings. The molecule has 2 atom stereocenters. The highest BCUT2D eigenvalue weighted by Crippen LogP contribution is 2.15. The first-order chi connectivity index (χ1) is 12.2. The number of fused-ring (bicyclic) bond motifs is 1. The highest BCUT2D eigenvalue weighted by molar-refractivity contribution is 6.35. The number of hydrogen-bond acceptors (Lipinski definition) is 3. The van der Waals surface area contributed by atoms with Crippen molar-refractivity contribution < 1.29 is 18.9 Å². The second kappa shape index (κ2) is 7.98. The number of likely N-dealkylation sites (N-methyl/N-ethyl adjacent to an activating group) is 1. The molecule has 1 aliphatic heterocycles. The fourth-order valence-corrected chi connectivity index (χ4v) is 3.35. The molecule has 1 unspecified atom stereocenters. The van der Waals surface area contributed by atoms with Crippen LogP contribution in [-0.4, -0.2) is 31.4 Å². The Hall–Kier alpha value is -2.60. The molecule has 0 aliphatic carbocycles. The predicted molar refractivity (Wildman–Crippen MR) is 92.8 cm³/mol. The zero-order chi connectivity index (χ0) is 17.6. The molecule has 0 saturated carbocycles. The normalized spacial score (nSPS) is 17.4. The van der Waals surface area contributed by atoms with Gasteiger partial charge in [0.15, 0.2) is 11.8 Å². The van der Waals surface area contributed by atoms with Crippen LogP contribution in [0.4, 0.5) is 0 Å². The number of carbonyl (C=O) groups excluding carboxylic acids is 2. The van der Waals surface area contributed by atoms with Crippen LogP contribution in [0.2, 0.25) is 0 Å². The van der Waals surface area contributed by atoms with E-state index in [0.29, 0.717) is 13.1 Å². The second-order valence-electron chi connectivity index (χ2n) is 6.24. The van der Waals surface area contributed by atoms with Gasteiger partial charge in [-0.1, -0.05) is 24.3 Å². The van der Waals surface area contributed by atoms with Crippen LogP contribution in [0.3, 0.4) is 0 Å². The average Bonchev–Trinajstić information content (AvgIpc) is 3.16. The second-order valence-corrected chi connectivity index (χ2v) is 6.24. The number of amides is 2. The molecule has 0 saturated heterocycles. The summed E-state index contributed by atoms with van der Waals surface area (Å²) in [7, 11) is 0. The van der Waals surface area contributed by atoms with E-state index in [9.17, 15) is 9.59 Å². The van der Waals surface area contributed by atoms with E-state index >= 15 is 0 Å². The Morgan fingerprint density at radius 1 is 1.12 bits per heavy atom. The Bertz CT molecular complexity index is 727. The van der Waals surface area contributed by atoms with E-state index in [1.165, 1.54) is 16.0 Å². The number of furan rings is 1. The lowest BCUT2D eigenvalue weighted by Gasteiger charge is -2.31. The van der Waals surface area contributed by atoms with Crippen molar-refractivity contribution in [1.82, 2.24) is 10.6 Å². The van der Waals surface area contributed by atoms with Crippen LogP contribution in [0, 0.1) is 0 Å². The lowest BCUT2D eigenvalue weighted by Crippen LogP contribution is -3.12. The van der Waals surface area contributed by atoms with Crippen molar-refractivity contribution in [2.24, 2.45) is 0 Å². The van der Waals surface area contributed by atoms with E-state index in [2.05, 4.69) is 34.9 Å². The fraction of sp³-hybridized carbons (Fsp3) is 0.368. The minimum absolute atomic E-state index is 0.0262. The maximum absolute atomic E-state index is 11.9. The van der Waals surface area contributed by atoms with Gasteiger partial charge in [0.25, 0.3) is 0 Å². The van der Waals surface area contributed by atoms with Crippen LogP contribution >= 0.6 is 0 Å². The number of carbonyl (C=O) groups is 2. The zero-order valence-electron chi connectivity index (χ0n) is 14.4. The van der Waals surface area contributed by atoms with Crippen LogP contribution in [0.1, 0.15) is 29.9 Å². The maximum Gasteiger partial charge on any atom is 0.309 e. The molecule has 1 aromatic carbocycles. The summed E-state index contributed by atoms with van der Waals surface area (Å²) >= 11 is 0. The Morgan fingerprint density at radius 3 is 2.60 bits per heavy atom. The van der Waals surface area contributed by atoms with Crippen molar-refractivity contribution >= 4 is 11.8 Å². The SMILES string of the molecule is CCNC(=O)C(=O)NC[C@@H](c1ccco1)[NH+]1CCc2ccccc2C1. The third-order valence-corrected chi connectivity index (χ3v) is 4.64. The predicted octanol–water partition coefficient (Wildman–Crippen LogP) is 0.214. The first kappa shape index (κ1) is 17.2. The van der Waals surface area contributed by atoms with Crippen LogP contribution in [0.25, 0.3) is 0 Å². The third-order valence-electron chi connectivity index (χ3n) is 4.64. The first-order valence-corrected chi connectivity index (χ1v) is 8.69. The van der Waals surface area contributed by atoms with Crippen LogP contribution < -0.4 is 15.5 Å². The van der Waals surface area contributed by atoms with Gasteiger partial charge in [-0.15, -0.1) is 0 Å². The van der Waals surface area contributed by atoms with E-state index in [-0.39, 0.29) is 6.04 Å². The van der Waals surface area contributed by atoms with Crippen molar-refractivity contribution in [3.63, 3.8) is 0 Å². The van der Waals surface area contributed by atoms with Gasteiger partial charge in [-0.25, -0.2) is 0 Å². The quantitative estimate of drug-likeness (QED) is 0.680. The molecule has 132 valence electrons. The molecular weight excluding hydrogens is 318 g/mol. The van der Waals surface area contributed by atoms with Crippen LogP contribution in [-0.2, 0) is 22.6 Å². The van der Waals surface area contributed by atoms with Gasteiger partial charge < -0.3 is 20.0 Å². The highest BCUT2D eigenvalue weighted by Gasteiger charge is 2.31. The van der Waals surface area contributed by atoms with E-state index in [1.807, 2.05) is 12.1 Å². The summed E-state index contributed by atoms with van der Waals surface area (Å²) in [5.74, 6) is -0.375. The zero-order valence-corrected chi connectivity index (χ0v) is 14.4. The smallest absolute Gasteiger partial charge is 0.309 e. The van der Waals surface area contributed by atoms with Crippen LogP contribution in [0.15, 0.2) is 47.1 Å². The molecule has 2 aromatic rings. The number of hydrogen-bond donors (Lipinski definition) is 3. The molecule has 6 nitrogen and oxygen atoms in total.